The van der Waals surface area contributed by atoms with Gasteiger partial charge in [0.1, 0.15) is 5.82 Å². The molecule has 0 aliphatic heterocycles. The normalized spacial score (nSPS) is 11.6. The van der Waals surface area contributed by atoms with Crippen LogP contribution in [0.4, 0.5) is 5.82 Å². The molecule has 1 aromatic heterocycles. The van der Waals surface area contributed by atoms with E-state index in [1.54, 1.807) is 36.5 Å². The van der Waals surface area contributed by atoms with Crippen molar-refractivity contribution in [1.29, 1.82) is 0 Å². The van der Waals surface area contributed by atoms with E-state index in [1.165, 1.54) is 0 Å². The van der Waals surface area contributed by atoms with Crippen molar-refractivity contribution in [3.05, 3.63) is 57.7 Å². The van der Waals surface area contributed by atoms with E-state index in [-0.39, 0.29) is 6.42 Å². The lowest BCUT2D eigenvalue weighted by molar-refractivity contribution is -0.137. The summed E-state index contributed by atoms with van der Waals surface area (Å²) in [5.74, 6) is -0.363. The molecule has 5 nitrogen and oxygen atoms in total. The zero-order valence-corrected chi connectivity index (χ0v) is 15.0. The Morgan fingerprint density at radius 3 is 2.57 bits per heavy atom. The maximum absolute atomic E-state index is 11.1. The van der Waals surface area contributed by atoms with Crippen molar-refractivity contribution in [1.82, 2.24) is 10.3 Å². The number of rotatable bonds is 5. The number of benzene rings is 1. The third kappa shape index (κ3) is 5.78. The Bertz CT molecular complexity index is 695. The average molecular weight is 415 g/mol. The predicted molar refractivity (Wildman–Crippen MR) is 97.7 cm³/mol. The van der Waals surface area contributed by atoms with Crippen LogP contribution in [0.3, 0.4) is 0 Å². The van der Waals surface area contributed by atoms with Crippen molar-refractivity contribution < 1.29 is 9.90 Å². The van der Waals surface area contributed by atoms with Crippen molar-refractivity contribution in [2.24, 2.45) is 0 Å². The minimum Gasteiger partial charge on any atom is -0.481 e. The first kappa shape index (κ1) is 17.7. The Morgan fingerprint density at radius 2 is 2.00 bits per heavy atom. The molecule has 2 rings (SSSR count). The Labute approximate surface area is 152 Å². The minimum atomic E-state index is -0.929. The van der Waals surface area contributed by atoms with E-state index in [2.05, 4.69) is 31.5 Å². The predicted octanol–water partition coefficient (Wildman–Crippen LogP) is 4.00. The molecule has 0 bridgehead atoms. The summed E-state index contributed by atoms with van der Waals surface area (Å²) in [6.45, 7) is 0. The number of aromatic nitrogens is 1. The van der Waals surface area contributed by atoms with Gasteiger partial charge in [-0.05, 0) is 58.0 Å². The summed E-state index contributed by atoms with van der Waals surface area (Å²) in [6, 6.07) is 10.1. The van der Waals surface area contributed by atoms with Crippen LogP contribution in [0.2, 0.25) is 5.02 Å². The molecule has 0 radical (unpaired) electrons. The molecule has 1 unspecified atom stereocenters. The Hall–Kier alpha value is -1.70. The highest BCUT2D eigenvalue weighted by Crippen LogP contribution is 2.20. The van der Waals surface area contributed by atoms with E-state index in [0.717, 1.165) is 10.0 Å². The van der Waals surface area contributed by atoms with Crippen LogP contribution in [0.25, 0.3) is 0 Å². The molecule has 0 saturated heterocycles. The minimum absolute atomic E-state index is 0.114. The first-order chi connectivity index (χ1) is 10.9. The molecule has 3 N–H and O–H groups in total. The number of thiocarbonyl (C=S) groups is 1. The largest absolute Gasteiger partial charge is 0.481 e. The van der Waals surface area contributed by atoms with E-state index in [0.29, 0.717) is 16.0 Å². The van der Waals surface area contributed by atoms with Gasteiger partial charge in [-0.25, -0.2) is 4.98 Å². The van der Waals surface area contributed by atoms with Gasteiger partial charge in [-0.1, -0.05) is 23.7 Å². The molecule has 23 heavy (non-hydrogen) atoms. The summed E-state index contributed by atoms with van der Waals surface area (Å²) in [4.78, 5) is 15.2. The van der Waals surface area contributed by atoms with Crippen LogP contribution in [0, 0.1) is 0 Å². The van der Waals surface area contributed by atoms with E-state index >= 15 is 0 Å². The maximum atomic E-state index is 11.1. The fourth-order valence-electron chi connectivity index (χ4n) is 1.88. The van der Waals surface area contributed by atoms with Crippen molar-refractivity contribution in [2.45, 2.75) is 12.5 Å². The van der Waals surface area contributed by atoms with Crippen LogP contribution < -0.4 is 10.6 Å². The SMILES string of the molecule is O=C(O)CC(NC(=S)Nc1ccc(Br)cn1)c1ccc(Cl)cc1. The molecule has 1 heterocycles. The number of hydrogen-bond acceptors (Lipinski definition) is 3. The van der Waals surface area contributed by atoms with Gasteiger partial charge in [0.2, 0.25) is 0 Å². The van der Waals surface area contributed by atoms with Crippen molar-refractivity contribution >= 4 is 56.6 Å². The molecule has 0 amide bonds. The fourth-order valence-corrected chi connectivity index (χ4v) is 2.49. The highest BCUT2D eigenvalue weighted by Gasteiger charge is 2.16. The lowest BCUT2D eigenvalue weighted by Gasteiger charge is -2.19. The van der Waals surface area contributed by atoms with Gasteiger partial charge in [-0.2, -0.15) is 0 Å². The Balaban J connectivity index is 2.07. The quantitative estimate of drug-likeness (QED) is 0.642. The summed E-state index contributed by atoms with van der Waals surface area (Å²) in [6.07, 6.45) is 1.52. The third-order valence-electron chi connectivity index (χ3n) is 2.93. The smallest absolute Gasteiger partial charge is 0.305 e. The summed E-state index contributed by atoms with van der Waals surface area (Å²) in [7, 11) is 0. The number of nitrogens with zero attached hydrogens (tertiary/aromatic N) is 1. The Morgan fingerprint density at radius 1 is 1.30 bits per heavy atom. The van der Waals surface area contributed by atoms with Crippen molar-refractivity contribution in [3.8, 4) is 0 Å². The van der Waals surface area contributed by atoms with E-state index in [4.69, 9.17) is 28.9 Å². The number of halogens is 2. The monoisotopic (exact) mass is 413 g/mol. The number of nitrogens with one attached hydrogen (secondary N) is 2. The number of aliphatic carboxylic acids is 1. The topological polar surface area (TPSA) is 74.2 Å². The molecule has 0 fully saturated rings. The number of anilines is 1. The summed E-state index contributed by atoms with van der Waals surface area (Å²) >= 11 is 14.4. The number of carbonyl (C=O) groups is 1. The zero-order chi connectivity index (χ0) is 16.8. The first-order valence-corrected chi connectivity index (χ1v) is 8.18. The van der Waals surface area contributed by atoms with Crippen LogP contribution in [0.1, 0.15) is 18.0 Å². The van der Waals surface area contributed by atoms with Crippen LogP contribution in [-0.2, 0) is 4.79 Å². The second kappa shape index (κ2) is 8.24. The number of hydrogen-bond donors (Lipinski definition) is 3. The molecule has 120 valence electrons. The van der Waals surface area contributed by atoms with Crippen LogP contribution in [-0.4, -0.2) is 21.2 Å². The standard InChI is InChI=1S/C15H13BrClN3O2S/c16-10-3-6-13(18-8-10)20-15(23)19-12(7-14(21)22)9-1-4-11(17)5-2-9/h1-6,8,12H,7H2,(H,21,22)(H2,18,19,20,23). The molecule has 0 spiro atoms. The highest BCUT2D eigenvalue weighted by atomic mass is 79.9. The average Bonchev–Trinajstić information content (AvgIpc) is 2.49. The molecule has 1 aromatic carbocycles. The van der Waals surface area contributed by atoms with Crippen LogP contribution >= 0.6 is 39.7 Å². The van der Waals surface area contributed by atoms with Crippen molar-refractivity contribution in [2.75, 3.05) is 5.32 Å². The number of carboxylic acids is 1. The second-order valence-electron chi connectivity index (χ2n) is 4.66. The van der Waals surface area contributed by atoms with Crippen molar-refractivity contribution in [3.63, 3.8) is 0 Å². The van der Waals surface area contributed by atoms with Gasteiger partial charge >= 0.3 is 5.97 Å². The maximum Gasteiger partial charge on any atom is 0.305 e. The molecule has 0 saturated carbocycles. The van der Waals surface area contributed by atoms with Gasteiger partial charge in [0, 0.05) is 15.7 Å². The van der Waals surface area contributed by atoms with E-state index in [1.807, 2.05) is 6.07 Å². The first-order valence-electron chi connectivity index (χ1n) is 6.60. The van der Waals surface area contributed by atoms with Gasteiger partial charge in [-0.3, -0.25) is 4.79 Å². The fraction of sp³-hybridized carbons (Fsp3) is 0.133. The second-order valence-corrected chi connectivity index (χ2v) is 6.42. The van der Waals surface area contributed by atoms with Gasteiger partial charge in [0.15, 0.2) is 5.11 Å². The van der Waals surface area contributed by atoms with E-state index < -0.39 is 12.0 Å². The van der Waals surface area contributed by atoms with Crippen LogP contribution in [0.15, 0.2) is 47.1 Å². The third-order valence-corrected chi connectivity index (χ3v) is 3.87. The van der Waals surface area contributed by atoms with Crippen LogP contribution in [0.5, 0.6) is 0 Å². The summed E-state index contributed by atoms with van der Waals surface area (Å²) < 4.78 is 0.854. The molecular formula is C15H13BrClN3O2S. The van der Waals surface area contributed by atoms with E-state index in [9.17, 15) is 4.79 Å². The highest BCUT2D eigenvalue weighted by molar-refractivity contribution is 9.10. The molecule has 0 aliphatic carbocycles. The van der Waals surface area contributed by atoms with Gasteiger partial charge in [0.25, 0.3) is 0 Å². The summed E-state index contributed by atoms with van der Waals surface area (Å²) in [5, 5.41) is 15.9. The Kier molecular flexibility index (Phi) is 6.32. The number of carboxylic acid groups (broad SMARTS) is 1. The molecular weight excluding hydrogens is 402 g/mol. The lowest BCUT2D eigenvalue weighted by Crippen LogP contribution is -2.33. The molecule has 1 atom stereocenters. The van der Waals surface area contributed by atoms with Gasteiger partial charge < -0.3 is 15.7 Å². The molecule has 2 aromatic rings. The molecule has 8 heteroatoms. The molecule has 0 aliphatic rings. The lowest BCUT2D eigenvalue weighted by atomic mass is 10.0. The van der Waals surface area contributed by atoms with Gasteiger partial charge in [-0.15, -0.1) is 0 Å². The summed E-state index contributed by atoms with van der Waals surface area (Å²) in [5.41, 5.74) is 0.782. The van der Waals surface area contributed by atoms with Gasteiger partial charge in [0.05, 0.1) is 12.5 Å². The number of pyridine rings is 1. The zero-order valence-electron chi connectivity index (χ0n) is 11.8.